The fourth-order valence-corrected chi connectivity index (χ4v) is 4.78. The van der Waals surface area contributed by atoms with Crippen molar-refractivity contribution in [3.05, 3.63) is 95.3 Å². The third-order valence-corrected chi connectivity index (χ3v) is 6.91. The summed E-state index contributed by atoms with van der Waals surface area (Å²) in [6, 6.07) is 15.6. The zero-order valence-electron chi connectivity index (χ0n) is 19.4. The molecule has 0 atom stereocenters. The second kappa shape index (κ2) is 10.4. The van der Waals surface area contributed by atoms with Gasteiger partial charge in [-0.25, -0.2) is 13.2 Å². The van der Waals surface area contributed by atoms with Gasteiger partial charge in [0.1, 0.15) is 17.5 Å². The van der Waals surface area contributed by atoms with E-state index in [1.807, 2.05) is 12.1 Å². The molecule has 1 fully saturated rings. The number of hydrogen-bond donors (Lipinski definition) is 0. The topological polar surface area (TPSA) is 0 Å². The van der Waals surface area contributed by atoms with Crippen LogP contribution in [-0.2, 0) is 0 Å². The Labute approximate surface area is 195 Å². The fraction of sp³-hybridized carbons (Fsp3) is 0.333. The molecule has 0 spiro atoms. The molecule has 3 aromatic carbocycles. The molecule has 0 N–H and O–H groups in total. The second-order valence-electron chi connectivity index (χ2n) is 9.21. The van der Waals surface area contributed by atoms with Gasteiger partial charge in [0, 0.05) is 11.1 Å². The fourth-order valence-electron chi connectivity index (χ4n) is 4.78. The Morgan fingerprint density at radius 2 is 1.36 bits per heavy atom. The van der Waals surface area contributed by atoms with Gasteiger partial charge in [0.15, 0.2) is 0 Å². The molecule has 4 rings (SSSR count). The summed E-state index contributed by atoms with van der Waals surface area (Å²) < 4.78 is 42.7. The van der Waals surface area contributed by atoms with E-state index < -0.39 is 17.5 Å². The molecule has 3 heteroatoms. The molecule has 1 aliphatic carbocycles. The molecule has 0 unspecified atom stereocenters. The Kier molecular flexibility index (Phi) is 7.37. The standard InChI is InChI=1S/C30H31F3/c1-3-4-5-6-21-7-9-22(10-8-21)23-11-13-24(14-12-23)25-15-16-27(30(33)17-25)26-18-28(31)20(2)29(32)19-26/h5-6,11-19,21-22H,3-4,7-10H2,1-2H3/b6-5+. The van der Waals surface area contributed by atoms with Crippen molar-refractivity contribution in [3.63, 3.8) is 0 Å². The summed E-state index contributed by atoms with van der Waals surface area (Å²) in [6.45, 7) is 3.58. The Morgan fingerprint density at radius 3 is 1.97 bits per heavy atom. The predicted octanol–water partition coefficient (Wildman–Crippen LogP) is 9.38. The minimum absolute atomic E-state index is 0.0580. The lowest BCUT2D eigenvalue weighted by atomic mass is 9.78. The lowest BCUT2D eigenvalue weighted by molar-refractivity contribution is 0.375. The lowest BCUT2D eigenvalue weighted by Crippen LogP contribution is -2.11. The largest absolute Gasteiger partial charge is 0.207 e. The smallest absolute Gasteiger partial charge is 0.131 e. The lowest BCUT2D eigenvalue weighted by Gasteiger charge is -2.27. The van der Waals surface area contributed by atoms with Crippen molar-refractivity contribution in [2.75, 3.05) is 0 Å². The summed E-state index contributed by atoms with van der Waals surface area (Å²) in [5.74, 6) is -0.539. The zero-order chi connectivity index (χ0) is 23.4. The van der Waals surface area contributed by atoms with E-state index in [9.17, 15) is 13.2 Å². The summed E-state index contributed by atoms with van der Waals surface area (Å²) >= 11 is 0. The van der Waals surface area contributed by atoms with Crippen LogP contribution in [0.5, 0.6) is 0 Å². The number of rotatable bonds is 6. The van der Waals surface area contributed by atoms with Crippen molar-refractivity contribution in [1.29, 1.82) is 0 Å². The normalized spacial score (nSPS) is 18.7. The van der Waals surface area contributed by atoms with Gasteiger partial charge < -0.3 is 0 Å². The van der Waals surface area contributed by atoms with Gasteiger partial charge in [0.05, 0.1) is 0 Å². The second-order valence-corrected chi connectivity index (χ2v) is 9.21. The Morgan fingerprint density at radius 1 is 0.758 bits per heavy atom. The van der Waals surface area contributed by atoms with E-state index >= 15 is 0 Å². The quantitative estimate of drug-likeness (QED) is 0.330. The summed E-state index contributed by atoms with van der Waals surface area (Å²) in [5, 5.41) is 0. The van der Waals surface area contributed by atoms with Crippen molar-refractivity contribution in [3.8, 4) is 22.3 Å². The zero-order valence-corrected chi connectivity index (χ0v) is 19.4. The number of halogens is 3. The van der Waals surface area contributed by atoms with Crippen LogP contribution < -0.4 is 0 Å². The average molecular weight is 449 g/mol. The van der Waals surface area contributed by atoms with Gasteiger partial charge in [-0.2, -0.15) is 0 Å². The van der Waals surface area contributed by atoms with Gasteiger partial charge in [-0.3, -0.25) is 0 Å². The first-order valence-electron chi connectivity index (χ1n) is 12.0. The highest BCUT2D eigenvalue weighted by atomic mass is 19.1. The van der Waals surface area contributed by atoms with Crippen molar-refractivity contribution < 1.29 is 13.2 Å². The summed E-state index contributed by atoms with van der Waals surface area (Å²) in [4.78, 5) is 0. The monoisotopic (exact) mass is 448 g/mol. The van der Waals surface area contributed by atoms with Crippen molar-refractivity contribution in [2.24, 2.45) is 5.92 Å². The third-order valence-electron chi connectivity index (χ3n) is 6.91. The van der Waals surface area contributed by atoms with Gasteiger partial charge in [-0.15, -0.1) is 0 Å². The van der Waals surface area contributed by atoms with E-state index in [1.165, 1.54) is 69.2 Å². The van der Waals surface area contributed by atoms with Crippen molar-refractivity contribution >= 4 is 0 Å². The van der Waals surface area contributed by atoms with Gasteiger partial charge in [-0.1, -0.05) is 61.9 Å². The van der Waals surface area contributed by atoms with Gasteiger partial charge in [-0.05, 0) is 91.3 Å². The Balaban J connectivity index is 1.46. The van der Waals surface area contributed by atoms with Crippen molar-refractivity contribution in [1.82, 2.24) is 0 Å². The molecule has 172 valence electrons. The SMILES string of the molecule is CCC/C=C/C1CCC(c2ccc(-c3ccc(-c4cc(F)c(C)c(F)c4)c(F)c3)cc2)CC1. The molecule has 1 saturated carbocycles. The van der Waals surface area contributed by atoms with Crippen LogP contribution in [-0.4, -0.2) is 0 Å². The van der Waals surface area contributed by atoms with Gasteiger partial charge in [0.25, 0.3) is 0 Å². The first-order valence-corrected chi connectivity index (χ1v) is 12.0. The molecule has 0 amide bonds. The maximum atomic E-state index is 14.9. The number of benzene rings is 3. The summed E-state index contributed by atoms with van der Waals surface area (Å²) in [7, 11) is 0. The van der Waals surface area contributed by atoms with E-state index in [0.29, 0.717) is 11.8 Å². The molecule has 33 heavy (non-hydrogen) atoms. The number of unbranched alkanes of at least 4 members (excludes halogenated alkanes) is 1. The molecular formula is C30H31F3. The molecule has 0 heterocycles. The minimum atomic E-state index is -0.671. The first kappa shape index (κ1) is 23.4. The van der Waals surface area contributed by atoms with Crippen LogP contribution in [0.4, 0.5) is 13.2 Å². The van der Waals surface area contributed by atoms with E-state index in [1.54, 1.807) is 12.1 Å². The van der Waals surface area contributed by atoms with E-state index in [0.717, 1.165) is 11.1 Å². The molecule has 3 aromatic rings. The summed E-state index contributed by atoms with van der Waals surface area (Å²) in [5.41, 5.74) is 3.37. The molecular weight excluding hydrogens is 417 g/mol. The van der Waals surface area contributed by atoms with Gasteiger partial charge in [0.2, 0.25) is 0 Å². The highest BCUT2D eigenvalue weighted by Gasteiger charge is 2.21. The van der Waals surface area contributed by atoms with Crippen LogP contribution in [0.2, 0.25) is 0 Å². The molecule has 0 aromatic heterocycles. The molecule has 0 nitrogen and oxygen atoms in total. The highest BCUT2D eigenvalue weighted by Crippen LogP contribution is 2.37. The van der Waals surface area contributed by atoms with Crippen molar-refractivity contribution in [2.45, 2.75) is 58.3 Å². The highest BCUT2D eigenvalue weighted by molar-refractivity contribution is 5.71. The molecule has 1 aliphatic rings. The van der Waals surface area contributed by atoms with E-state index in [2.05, 4.69) is 31.2 Å². The van der Waals surface area contributed by atoms with E-state index in [-0.39, 0.29) is 16.7 Å². The predicted molar refractivity (Wildman–Crippen MR) is 131 cm³/mol. The van der Waals surface area contributed by atoms with E-state index in [4.69, 9.17) is 0 Å². The maximum absolute atomic E-state index is 14.9. The van der Waals surface area contributed by atoms with Crippen LogP contribution >= 0.6 is 0 Å². The van der Waals surface area contributed by atoms with Crippen LogP contribution in [0.1, 0.15) is 62.5 Å². The Bertz CT molecular complexity index is 1100. The molecule has 0 aliphatic heterocycles. The number of hydrogen-bond acceptors (Lipinski definition) is 0. The van der Waals surface area contributed by atoms with Crippen LogP contribution in [0.3, 0.4) is 0 Å². The Hall–Kier alpha value is -2.81. The minimum Gasteiger partial charge on any atom is -0.207 e. The van der Waals surface area contributed by atoms with Crippen LogP contribution in [0, 0.1) is 30.3 Å². The average Bonchev–Trinajstić information content (AvgIpc) is 2.83. The molecule has 0 bridgehead atoms. The summed E-state index contributed by atoms with van der Waals surface area (Å²) in [6.07, 6.45) is 12.0. The maximum Gasteiger partial charge on any atom is 0.131 e. The first-order chi connectivity index (χ1) is 16.0. The third kappa shape index (κ3) is 5.40. The van der Waals surface area contributed by atoms with Gasteiger partial charge >= 0.3 is 0 Å². The van der Waals surface area contributed by atoms with Crippen LogP contribution in [0.15, 0.2) is 66.7 Å². The van der Waals surface area contributed by atoms with Crippen LogP contribution in [0.25, 0.3) is 22.3 Å². The molecule has 0 radical (unpaired) electrons. The molecule has 0 saturated heterocycles. The number of allylic oxidation sites excluding steroid dienone is 2.